The highest BCUT2D eigenvalue weighted by molar-refractivity contribution is 5.73. The summed E-state index contributed by atoms with van der Waals surface area (Å²) in [5.74, 6) is -1.11. The van der Waals surface area contributed by atoms with Crippen LogP contribution in [0.1, 0.15) is 11.3 Å². The van der Waals surface area contributed by atoms with Crippen LogP contribution < -0.4 is 0 Å². The van der Waals surface area contributed by atoms with Crippen LogP contribution in [0.15, 0.2) is 6.20 Å². The van der Waals surface area contributed by atoms with Crippen LogP contribution in [0.25, 0.3) is 0 Å². The van der Waals surface area contributed by atoms with Gasteiger partial charge < -0.3 is 9.84 Å². The Kier molecular flexibility index (Phi) is 4.00. The van der Waals surface area contributed by atoms with Gasteiger partial charge in [-0.1, -0.05) is 0 Å². The average molecular weight is 293 g/mol. The number of aromatic nitrogens is 2. The first kappa shape index (κ1) is 14.8. The first-order valence-electron chi connectivity index (χ1n) is 5.93. The number of alkyl halides is 3. The molecule has 2 heterocycles. The number of rotatable bonds is 3. The number of hydrogen-bond acceptors (Lipinski definition) is 4. The molecule has 0 aromatic carbocycles. The number of morpholine rings is 1. The lowest BCUT2D eigenvalue weighted by molar-refractivity contribution is -0.150. The predicted molar refractivity (Wildman–Crippen MR) is 60.9 cm³/mol. The van der Waals surface area contributed by atoms with Gasteiger partial charge in [-0.25, -0.2) is 0 Å². The van der Waals surface area contributed by atoms with E-state index in [1.165, 1.54) is 11.9 Å². The van der Waals surface area contributed by atoms with Crippen LogP contribution in [-0.2, 0) is 29.3 Å². The number of hydrogen-bond donors (Lipinski definition) is 1. The van der Waals surface area contributed by atoms with Gasteiger partial charge in [-0.15, -0.1) is 0 Å². The molecule has 1 aliphatic heterocycles. The van der Waals surface area contributed by atoms with Crippen molar-refractivity contribution in [3.63, 3.8) is 0 Å². The molecule has 2 rings (SSSR count). The van der Waals surface area contributed by atoms with Gasteiger partial charge >= 0.3 is 12.1 Å². The lowest BCUT2D eigenvalue weighted by Gasteiger charge is -2.32. The fourth-order valence-corrected chi connectivity index (χ4v) is 2.24. The molecule has 1 aromatic rings. The Morgan fingerprint density at radius 2 is 2.30 bits per heavy atom. The van der Waals surface area contributed by atoms with Gasteiger partial charge in [0.2, 0.25) is 0 Å². The molecule has 1 aliphatic rings. The van der Waals surface area contributed by atoms with Crippen LogP contribution in [0.2, 0.25) is 0 Å². The van der Waals surface area contributed by atoms with E-state index in [-0.39, 0.29) is 25.3 Å². The Hall–Kier alpha value is -1.61. The minimum absolute atomic E-state index is 0.0308. The molecule has 20 heavy (non-hydrogen) atoms. The molecule has 0 amide bonds. The minimum atomic E-state index is -4.52. The molecule has 9 heteroatoms. The summed E-state index contributed by atoms with van der Waals surface area (Å²) in [6, 6.07) is -0.940. The molecule has 0 saturated carbocycles. The van der Waals surface area contributed by atoms with E-state index in [0.717, 1.165) is 10.9 Å². The summed E-state index contributed by atoms with van der Waals surface area (Å²) in [4.78, 5) is 12.5. The number of halogens is 3. The Labute approximate surface area is 112 Å². The van der Waals surface area contributed by atoms with Crippen molar-refractivity contribution >= 4 is 5.97 Å². The van der Waals surface area contributed by atoms with Crippen LogP contribution in [-0.4, -0.2) is 51.6 Å². The van der Waals surface area contributed by atoms with Crippen molar-refractivity contribution in [3.8, 4) is 0 Å². The zero-order chi connectivity index (χ0) is 14.9. The third-order valence-electron chi connectivity index (χ3n) is 3.18. The van der Waals surface area contributed by atoms with E-state index >= 15 is 0 Å². The minimum Gasteiger partial charge on any atom is -0.480 e. The second-order valence-corrected chi connectivity index (χ2v) is 4.54. The van der Waals surface area contributed by atoms with Gasteiger partial charge in [-0.3, -0.25) is 14.4 Å². The van der Waals surface area contributed by atoms with Gasteiger partial charge in [0.1, 0.15) is 11.7 Å². The summed E-state index contributed by atoms with van der Waals surface area (Å²) in [7, 11) is 1.21. The van der Waals surface area contributed by atoms with Crippen LogP contribution in [0.4, 0.5) is 13.2 Å². The second-order valence-electron chi connectivity index (χ2n) is 4.54. The number of carboxylic acids is 1. The summed E-state index contributed by atoms with van der Waals surface area (Å²) < 4.78 is 44.6. The molecular weight excluding hydrogens is 279 g/mol. The van der Waals surface area contributed by atoms with E-state index in [1.54, 1.807) is 0 Å². The van der Waals surface area contributed by atoms with Gasteiger partial charge in [-0.05, 0) is 0 Å². The SMILES string of the molecule is Cn1ncc(CN2CCOCC2C(=O)O)c1C(F)(F)F. The number of ether oxygens (including phenoxy) is 1. The number of carbonyl (C=O) groups is 1. The summed E-state index contributed by atoms with van der Waals surface area (Å²) in [6.07, 6.45) is -3.40. The standard InChI is InChI=1S/C11H14F3N3O3/c1-16-9(11(12,13)14)7(4-15-16)5-17-2-3-20-6-8(17)10(18)19/h4,8H,2-3,5-6H2,1H3,(H,18,19). The first-order valence-corrected chi connectivity index (χ1v) is 5.93. The van der Waals surface area contributed by atoms with Crippen LogP contribution in [0, 0.1) is 0 Å². The van der Waals surface area contributed by atoms with Crippen molar-refractivity contribution in [1.82, 2.24) is 14.7 Å². The fraction of sp³-hybridized carbons (Fsp3) is 0.636. The average Bonchev–Trinajstić information content (AvgIpc) is 2.70. The highest BCUT2D eigenvalue weighted by Crippen LogP contribution is 2.32. The van der Waals surface area contributed by atoms with E-state index in [2.05, 4.69) is 5.10 Å². The zero-order valence-electron chi connectivity index (χ0n) is 10.7. The maximum atomic E-state index is 12.9. The predicted octanol–water partition coefficient (Wildman–Crippen LogP) is 0.724. The first-order chi connectivity index (χ1) is 9.30. The van der Waals surface area contributed by atoms with Crippen molar-refractivity contribution in [2.75, 3.05) is 19.8 Å². The molecule has 0 radical (unpaired) electrons. The van der Waals surface area contributed by atoms with Gasteiger partial charge in [0.15, 0.2) is 0 Å². The quantitative estimate of drug-likeness (QED) is 0.889. The molecule has 0 spiro atoms. The Balaban J connectivity index is 2.23. The zero-order valence-corrected chi connectivity index (χ0v) is 10.7. The molecule has 1 saturated heterocycles. The molecule has 1 aromatic heterocycles. The lowest BCUT2D eigenvalue weighted by Crippen LogP contribution is -2.49. The lowest BCUT2D eigenvalue weighted by atomic mass is 10.1. The second kappa shape index (κ2) is 5.41. The van der Waals surface area contributed by atoms with Crippen LogP contribution >= 0.6 is 0 Å². The highest BCUT2D eigenvalue weighted by atomic mass is 19.4. The third-order valence-corrected chi connectivity index (χ3v) is 3.18. The molecule has 1 N–H and O–H groups in total. The molecule has 0 bridgehead atoms. The summed E-state index contributed by atoms with van der Waals surface area (Å²) >= 11 is 0. The normalized spacial score (nSPS) is 21.1. The molecule has 1 atom stereocenters. The smallest absolute Gasteiger partial charge is 0.433 e. The van der Waals surface area contributed by atoms with E-state index < -0.39 is 23.9 Å². The Morgan fingerprint density at radius 3 is 2.90 bits per heavy atom. The van der Waals surface area contributed by atoms with E-state index in [1.807, 2.05) is 0 Å². The monoisotopic (exact) mass is 293 g/mol. The van der Waals surface area contributed by atoms with Gasteiger partial charge in [0.25, 0.3) is 0 Å². The molecule has 6 nitrogen and oxygen atoms in total. The van der Waals surface area contributed by atoms with Gasteiger partial charge in [-0.2, -0.15) is 18.3 Å². The summed E-state index contributed by atoms with van der Waals surface area (Å²) in [6.45, 7) is 0.411. The van der Waals surface area contributed by atoms with Gasteiger partial charge in [0.05, 0.1) is 19.4 Å². The maximum absolute atomic E-state index is 12.9. The summed E-state index contributed by atoms with van der Waals surface area (Å²) in [5.41, 5.74) is -0.888. The molecular formula is C11H14F3N3O3. The number of carboxylic acid groups (broad SMARTS) is 1. The van der Waals surface area contributed by atoms with Crippen molar-refractivity contribution < 1.29 is 27.8 Å². The van der Waals surface area contributed by atoms with Crippen molar-refractivity contribution in [1.29, 1.82) is 0 Å². The largest absolute Gasteiger partial charge is 0.480 e. The topological polar surface area (TPSA) is 67.6 Å². The van der Waals surface area contributed by atoms with Gasteiger partial charge in [0, 0.05) is 25.7 Å². The van der Waals surface area contributed by atoms with E-state index in [0.29, 0.717) is 6.61 Å². The molecule has 0 aliphatic carbocycles. The number of aliphatic carboxylic acids is 1. The van der Waals surface area contributed by atoms with Crippen molar-refractivity contribution in [3.05, 3.63) is 17.5 Å². The Bertz CT molecular complexity index is 501. The maximum Gasteiger partial charge on any atom is 0.433 e. The van der Waals surface area contributed by atoms with Crippen LogP contribution in [0.5, 0.6) is 0 Å². The molecule has 1 fully saturated rings. The van der Waals surface area contributed by atoms with Crippen LogP contribution in [0.3, 0.4) is 0 Å². The molecule has 112 valence electrons. The molecule has 1 unspecified atom stereocenters. The van der Waals surface area contributed by atoms with E-state index in [4.69, 9.17) is 9.84 Å². The summed E-state index contributed by atoms with van der Waals surface area (Å²) in [5, 5.41) is 12.7. The van der Waals surface area contributed by atoms with E-state index in [9.17, 15) is 18.0 Å². The fourth-order valence-electron chi connectivity index (χ4n) is 2.24. The Morgan fingerprint density at radius 1 is 1.60 bits per heavy atom. The number of nitrogens with zero attached hydrogens (tertiary/aromatic N) is 3. The number of aryl methyl sites for hydroxylation is 1. The highest BCUT2D eigenvalue weighted by Gasteiger charge is 2.39. The van der Waals surface area contributed by atoms with Crippen molar-refractivity contribution in [2.24, 2.45) is 7.05 Å². The van der Waals surface area contributed by atoms with Crippen molar-refractivity contribution in [2.45, 2.75) is 18.8 Å². The third kappa shape index (κ3) is 2.93.